The first-order valence-electron chi connectivity index (χ1n) is 13.2. The van der Waals surface area contributed by atoms with Crippen LogP contribution in [0.15, 0.2) is 28.7 Å². The number of nitrogens with one attached hydrogen (secondary N) is 1. The highest BCUT2D eigenvalue weighted by atomic mass is 16.3. The lowest BCUT2D eigenvalue weighted by atomic mass is 9.58. The smallest absolute Gasteiger partial charge is 0.255 e. The molecule has 2 unspecified atom stereocenters. The predicted molar refractivity (Wildman–Crippen MR) is 146 cm³/mol. The van der Waals surface area contributed by atoms with E-state index in [1.807, 2.05) is 11.8 Å². The molecule has 8 N–H and O–H groups in total. The maximum absolute atomic E-state index is 14.0. The fraction of sp³-hybridized carbons (Fsp3) is 0.536. The number of benzene rings is 1. The highest BCUT2D eigenvalue weighted by molar-refractivity contribution is 6.24. The lowest BCUT2D eigenvalue weighted by Crippen LogP contribution is -2.63. The molecular weight excluding hydrogens is 520 g/mol. The monoisotopic (exact) mass is 558 g/mol. The van der Waals surface area contributed by atoms with Gasteiger partial charge in [0.2, 0.25) is 5.78 Å². The molecule has 0 radical (unpaired) electrons. The van der Waals surface area contributed by atoms with Crippen LogP contribution in [-0.2, 0) is 22.6 Å². The molecule has 12 nitrogen and oxygen atoms in total. The van der Waals surface area contributed by atoms with Crippen molar-refractivity contribution in [3.63, 3.8) is 0 Å². The van der Waals surface area contributed by atoms with Crippen LogP contribution in [0.3, 0.4) is 0 Å². The largest absolute Gasteiger partial charge is 0.510 e. The van der Waals surface area contributed by atoms with Gasteiger partial charge in [0, 0.05) is 56.0 Å². The van der Waals surface area contributed by atoms with Crippen molar-refractivity contribution in [2.75, 3.05) is 39.7 Å². The molecule has 4 rings (SSSR count). The number of carbonyl (C=O) groups is 3. The molecule has 0 aliphatic heterocycles. The summed E-state index contributed by atoms with van der Waals surface area (Å²) in [6.07, 6.45) is 0.734. The number of fused-ring (bicyclic) bond motifs is 3. The van der Waals surface area contributed by atoms with Gasteiger partial charge in [0.25, 0.3) is 5.91 Å². The van der Waals surface area contributed by atoms with Gasteiger partial charge in [-0.15, -0.1) is 0 Å². The van der Waals surface area contributed by atoms with Crippen molar-refractivity contribution in [1.82, 2.24) is 10.2 Å². The Morgan fingerprint density at radius 3 is 2.40 bits per heavy atom. The van der Waals surface area contributed by atoms with Gasteiger partial charge in [-0.1, -0.05) is 0 Å². The van der Waals surface area contributed by atoms with Crippen molar-refractivity contribution in [3.05, 3.63) is 45.4 Å². The molecule has 12 heteroatoms. The van der Waals surface area contributed by atoms with E-state index >= 15 is 0 Å². The van der Waals surface area contributed by atoms with Gasteiger partial charge in [-0.3, -0.25) is 19.3 Å². The number of ketones is 2. The van der Waals surface area contributed by atoms with E-state index < -0.39 is 58.0 Å². The molecule has 0 fully saturated rings. The number of anilines is 1. The second-order valence-electron chi connectivity index (χ2n) is 11.4. The number of primary amides is 1. The van der Waals surface area contributed by atoms with Crippen molar-refractivity contribution in [2.45, 2.75) is 50.4 Å². The standard InChI is InChI=1S/C28H38N4O8/c1-12(6-7-33)30-11-14-10-17(31(2)3)15-8-13-9-16-21(32(4)5)24(36)20(27(29)39)26(38)28(16,40)25(37)18(13)23(35)19(15)22(14)34/h10,12-13,16,21,30,33-34,36-37,40H,6-9,11H2,1-5H3,(H2,29,39)/t12?,13-,16-,21?,28-/m0/s1. The van der Waals surface area contributed by atoms with Crippen LogP contribution in [0.5, 0.6) is 5.75 Å². The maximum Gasteiger partial charge on any atom is 0.255 e. The van der Waals surface area contributed by atoms with Crippen LogP contribution < -0.4 is 16.0 Å². The SMILES string of the molecule is CC(CCO)NCc1cc(N(C)C)c2c(c1O)C(=O)C1=C(O)[C@]3(O)C(=O)C(C(N)=O)=C(O)C(N(C)C)[C@@H]3C[C@@H]1C2. The van der Waals surface area contributed by atoms with Gasteiger partial charge in [-0.2, -0.15) is 0 Å². The quantitative estimate of drug-likeness (QED) is 0.213. The zero-order valence-electron chi connectivity index (χ0n) is 23.4. The fourth-order valence-corrected chi connectivity index (χ4v) is 6.47. The summed E-state index contributed by atoms with van der Waals surface area (Å²) < 4.78 is 0. The Bertz CT molecular complexity index is 1330. The number of allylic oxidation sites excluding steroid dienone is 1. The molecule has 3 aliphatic carbocycles. The van der Waals surface area contributed by atoms with Crippen LogP contribution in [0.2, 0.25) is 0 Å². The number of nitrogens with two attached hydrogens (primary N) is 1. The van der Waals surface area contributed by atoms with E-state index in [0.29, 0.717) is 23.2 Å². The number of aliphatic hydroxyl groups excluding tert-OH is 3. The molecule has 0 saturated carbocycles. The van der Waals surface area contributed by atoms with Gasteiger partial charge < -0.3 is 41.5 Å². The third-order valence-electron chi connectivity index (χ3n) is 8.46. The number of aliphatic hydroxyl groups is 4. The summed E-state index contributed by atoms with van der Waals surface area (Å²) in [5, 5.41) is 57.8. The zero-order chi connectivity index (χ0) is 29.8. The van der Waals surface area contributed by atoms with Crippen LogP contribution in [0, 0.1) is 11.8 Å². The lowest BCUT2D eigenvalue weighted by Gasteiger charge is -2.50. The van der Waals surface area contributed by atoms with Crippen molar-refractivity contribution >= 4 is 23.2 Å². The molecule has 3 aliphatic rings. The van der Waals surface area contributed by atoms with Crippen LogP contribution in [0.25, 0.3) is 0 Å². The molecule has 0 heterocycles. The molecular formula is C28H38N4O8. The molecule has 0 bridgehead atoms. The topological polar surface area (TPSA) is 197 Å². The highest BCUT2D eigenvalue weighted by Crippen LogP contribution is 2.53. The van der Waals surface area contributed by atoms with Gasteiger partial charge in [-0.25, -0.2) is 0 Å². The number of likely N-dealkylation sites (N-methyl/N-ethyl adjacent to an activating group) is 1. The first-order valence-corrected chi connectivity index (χ1v) is 13.2. The minimum absolute atomic E-state index is 0.0116. The number of hydrogen-bond donors (Lipinski definition) is 7. The van der Waals surface area contributed by atoms with Crippen LogP contribution >= 0.6 is 0 Å². The van der Waals surface area contributed by atoms with Crippen LogP contribution in [0.1, 0.15) is 41.3 Å². The number of amides is 1. The number of phenols is 1. The average molecular weight is 559 g/mol. The summed E-state index contributed by atoms with van der Waals surface area (Å²) in [5.74, 6) is -6.74. The second-order valence-corrected chi connectivity index (χ2v) is 11.4. The number of aromatic hydroxyl groups is 1. The molecule has 218 valence electrons. The van der Waals surface area contributed by atoms with E-state index in [1.54, 1.807) is 34.3 Å². The lowest BCUT2D eigenvalue weighted by molar-refractivity contribution is -0.148. The van der Waals surface area contributed by atoms with E-state index in [0.717, 1.165) is 0 Å². The number of rotatable bonds is 8. The third-order valence-corrected chi connectivity index (χ3v) is 8.46. The van der Waals surface area contributed by atoms with E-state index in [4.69, 9.17) is 5.73 Å². The Balaban J connectivity index is 1.90. The minimum atomic E-state index is -2.68. The Morgan fingerprint density at radius 2 is 1.85 bits per heavy atom. The Kier molecular flexibility index (Phi) is 7.76. The number of carbonyl (C=O) groups excluding carboxylic acids is 3. The third kappa shape index (κ3) is 4.35. The normalized spacial score (nSPS) is 26.9. The van der Waals surface area contributed by atoms with Crippen molar-refractivity contribution in [2.24, 2.45) is 17.6 Å². The number of phenolic OH excluding ortho intramolecular Hbond substituents is 1. The highest BCUT2D eigenvalue weighted by Gasteiger charge is 2.63. The summed E-state index contributed by atoms with van der Waals surface area (Å²) >= 11 is 0. The summed E-state index contributed by atoms with van der Waals surface area (Å²) in [6.45, 7) is 2.07. The van der Waals surface area contributed by atoms with Gasteiger partial charge in [-0.05, 0) is 57.8 Å². The van der Waals surface area contributed by atoms with Crippen molar-refractivity contribution < 1.29 is 39.9 Å². The minimum Gasteiger partial charge on any atom is -0.510 e. The average Bonchev–Trinajstić information content (AvgIpc) is 2.85. The van der Waals surface area contributed by atoms with Crippen LogP contribution in [-0.4, -0.2) is 100 Å². The van der Waals surface area contributed by atoms with Crippen molar-refractivity contribution in [1.29, 1.82) is 0 Å². The van der Waals surface area contributed by atoms with Gasteiger partial charge in [0.1, 0.15) is 22.8 Å². The van der Waals surface area contributed by atoms with Gasteiger partial charge >= 0.3 is 0 Å². The Hall–Kier alpha value is -3.45. The summed E-state index contributed by atoms with van der Waals surface area (Å²) in [5.41, 5.74) is 3.32. The number of hydrogen-bond acceptors (Lipinski definition) is 11. The molecule has 5 atom stereocenters. The van der Waals surface area contributed by atoms with E-state index in [2.05, 4.69) is 5.32 Å². The predicted octanol–water partition coefficient (Wildman–Crippen LogP) is 0.0471. The molecule has 0 spiro atoms. The van der Waals surface area contributed by atoms with Gasteiger partial charge in [0.05, 0.1) is 11.6 Å². The molecule has 40 heavy (non-hydrogen) atoms. The fourth-order valence-electron chi connectivity index (χ4n) is 6.47. The molecule has 1 aromatic carbocycles. The number of nitrogens with zero attached hydrogens (tertiary/aromatic N) is 2. The first-order chi connectivity index (χ1) is 18.7. The van der Waals surface area contributed by atoms with Crippen LogP contribution in [0.4, 0.5) is 5.69 Å². The molecule has 0 saturated heterocycles. The van der Waals surface area contributed by atoms with E-state index in [9.17, 15) is 39.9 Å². The Labute approximate surface area is 232 Å². The summed E-state index contributed by atoms with van der Waals surface area (Å²) in [7, 11) is 6.79. The second kappa shape index (κ2) is 10.5. The van der Waals surface area contributed by atoms with E-state index in [1.165, 1.54) is 4.90 Å². The maximum atomic E-state index is 14.0. The summed E-state index contributed by atoms with van der Waals surface area (Å²) in [6, 6.07) is 0.681. The molecule has 1 aromatic rings. The molecule has 1 amide bonds. The number of Topliss-reactive ketones (excluding diaryl/α,β-unsaturated/α-hetero) is 2. The molecule has 0 aromatic heterocycles. The van der Waals surface area contributed by atoms with Gasteiger partial charge in [0.15, 0.2) is 11.4 Å². The summed E-state index contributed by atoms with van der Waals surface area (Å²) in [4.78, 5) is 42.9. The zero-order valence-corrected chi connectivity index (χ0v) is 23.4. The van der Waals surface area contributed by atoms with E-state index in [-0.39, 0.29) is 48.9 Å². The first kappa shape index (κ1) is 29.5. The Morgan fingerprint density at radius 1 is 1.20 bits per heavy atom. The van der Waals surface area contributed by atoms with Crippen molar-refractivity contribution in [3.8, 4) is 5.75 Å².